The van der Waals surface area contributed by atoms with Crippen molar-refractivity contribution < 1.29 is 32.9 Å². The van der Waals surface area contributed by atoms with Crippen LogP contribution in [-0.4, -0.2) is 75.4 Å². The summed E-state index contributed by atoms with van der Waals surface area (Å²) >= 11 is 6.40. The van der Waals surface area contributed by atoms with E-state index in [1.165, 1.54) is 18.2 Å². The second-order valence-electron chi connectivity index (χ2n) is 13.8. The van der Waals surface area contributed by atoms with Crippen LogP contribution in [0, 0.1) is 17.8 Å². The highest BCUT2D eigenvalue weighted by Crippen LogP contribution is 2.46. The molecule has 7 atom stereocenters. The van der Waals surface area contributed by atoms with E-state index >= 15 is 0 Å². The molecule has 2 aliphatic heterocycles. The Morgan fingerprint density at radius 3 is 2.80 bits per heavy atom. The van der Waals surface area contributed by atoms with Crippen molar-refractivity contribution in [2.75, 3.05) is 38.3 Å². The zero-order chi connectivity index (χ0) is 32.6. The molecule has 1 saturated carbocycles. The summed E-state index contributed by atoms with van der Waals surface area (Å²) in [4.78, 5) is 15.9. The third kappa shape index (κ3) is 6.69. The predicted octanol–water partition coefficient (Wildman–Crippen LogP) is 4.62. The lowest BCUT2D eigenvalue weighted by molar-refractivity contribution is 0.0455. The first-order valence-electron chi connectivity index (χ1n) is 16.4. The second kappa shape index (κ2) is 13.5. The van der Waals surface area contributed by atoms with E-state index in [2.05, 4.69) is 21.8 Å². The van der Waals surface area contributed by atoms with Crippen LogP contribution in [0.3, 0.4) is 0 Å². The lowest BCUT2D eigenvalue weighted by Crippen LogP contribution is -2.49. The van der Waals surface area contributed by atoms with Crippen LogP contribution in [0.4, 0.5) is 5.69 Å². The van der Waals surface area contributed by atoms with Crippen LogP contribution in [-0.2, 0) is 26.6 Å². The molecule has 3 N–H and O–H groups in total. The van der Waals surface area contributed by atoms with Gasteiger partial charge in [-0.05, 0) is 104 Å². The van der Waals surface area contributed by atoms with Crippen LogP contribution in [0.2, 0.25) is 5.02 Å². The molecule has 0 saturated heterocycles. The Morgan fingerprint density at radius 1 is 1.22 bits per heavy atom. The molecule has 2 aromatic rings. The summed E-state index contributed by atoms with van der Waals surface area (Å²) in [5.41, 5.74) is 3.12. The number of fused-ring (bicyclic) bond motifs is 4. The number of aliphatic hydroxyl groups is 2. The molecule has 2 heterocycles. The van der Waals surface area contributed by atoms with Crippen molar-refractivity contribution in [1.82, 2.24) is 4.72 Å². The smallest absolute Gasteiger partial charge is 0.264 e. The molecule has 11 heteroatoms. The van der Waals surface area contributed by atoms with Crippen molar-refractivity contribution in [1.29, 1.82) is 0 Å². The number of hydrogen-bond donors (Lipinski definition) is 3. The topological polar surface area (TPSA) is 125 Å². The van der Waals surface area contributed by atoms with Gasteiger partial charge in [0.15, 0.2) is 0 Å². The Morgan fingerprint density at radius 2 is 2.04 bits per heavy atom. The first-order chi connectivity index (χ1) is 22.0. The molecule has 250 valence electrons. The van der Waals surface area contributed by atoms with Gasteiger partial charge in [0, 0.05) is 36.2 Å². The van der Waals surface area contributed by atoms with Crippen molar-refractivity contribution >= 4 is 33.2 Å². The van der Waals surface area contributed by atoms with Crippen molar-refractivity contribution in [2.45, 2.75) is 74.7 Å². The number of carbonyl (C=O) groups is 1. The number of benzene rings is 2. The second-order valence-corrected chi connectivity index (χ2v) is 16.1. The summed E-state index contributed by atoms with van der Waals surface area (Å²) < 4.78 is 41.3. The highest BCUT2D eigenvalue weighted by atomic mass is 35.5. The van der Waals surface area contributed by atoms with Crippen molar-refractivity contribution in [2.24, 2.45) is 17.8 Å². The first kappa shape index (κ1) is 33.3. The maximum Gasteiger partial charge on any atom is 0.264 e. The monoisotopic (exact) mass is 672 g/mol. The maximum absolute atomic E-state index is 13.7. The van der Waals surface area contributed by atoms with Crippen LogP contribution >= 0.6 is 11.6 Å². The SMILES string of the molecule is COC[C@@H](O)C[C@@H]1[C@@H](C)C/C=C/[C@H](O)[C@@H]2CC[C@H]2CN2C[C@@]3(CCCc4cc(Cl)ccc43)COc3ccc(cc32)C(=O)NS1(=O)=O. The lowest BCUT2D eigenvalue weighted by atomic mass is 9.68. The molecule has 6 rings (SSSR count). The average Bonchev–Trinajstić information content (AvgIpc) is 3.14. The summed E-state index contributed by atoms with van der Waals surface area (Å²) in [6, 6.07) is 11.2. The Labute approximate surface area is 277 Å². The molecule has 1 spiro atoms. The number of allylic oxidation sites excluding steroid dienone is 1. The fourth-order valence-electron chi connectivity index (χ4n) is 7.99. The van der Waals surface area contributed by atoms with Gasteiger partial charge in [-0.2, -0.15) is 0 Å². The third-order valence-electron chi connectivity index (χ3n) is 10.6. The highest BCUT2D eigenvalue weighted by Gasteiger charge is 2.44. The quantitative estimate of drug-likeness (QED) is 0.402. The molecule has 46 heavy (non-hydrogen) atoms. The minimum absolute atomic E-state index is 0.0238. The summed E-state index contributed by atoms with van der Waals surface area (Å²) in [6.07, 6.45) is 6.98. The van der Waals surface area contributed by atoms with E-state index in [9.17, 15) is 23.4 Å². The van der Waals surface area contributed by atoms with Crippen LogP contribution < -0.4 is 14.4 Å². The van der Waals surface area contributed by atoms with E-state index in [1.807, 2.05) is 12.1 Å². The van der Waals surface area contributed by atoms with E-state index < -0.39 is 39.3 Å². The summed E-state index contributed by atoms with van der Waals surface area (Å²) in [6.45, 7) is 3.56. The third-order valence-corrected chi connectivity index (χ3v) is 12.8. The van der Waals surface area contributed by atoms with E-state index in [0.717, 1.165) is 37.8 Å². The number of aliphatic hydroxyl groups excluding tert-OH is 2. The zero-order valence-corrected chi connectivity index (χ0v) is 28.1. The van der Waals surface area contributed by atoms with Gasteiger partial charge >= 0.3 is 0 Å². The van der Waals surface area contributed by atoms with E-state index in [1.54, 1.807) is 31.2 Å². The fraction of sp³-hybridized carbons (Fsp3) is 0.571. The molecular weight excluding hydrogens is 628 g/mol. The van der Waals surface area contributed by atoms with Gasteiger partial charge in [-0.1, -0.05) is 36.7 Å². The number of methoxy groups -OCH3 is 1. The van der Waals surface area contributed by atoms with E-state index in [-0.39, 0.29) is 35.8 Å². The number of nitrogens with one attached hydrogen (secondary N) is 1. The standard InChI is InChI=1S/C35H45ClN2O7S/c1-22-5-3-7-31(40)28-11-8-25(28)18-38-20-35(14-4-6-23-15-26(36)10-12-29(23)35)21-45-32-13-9-24(16-30(32)38)34(41)37-46(42,43)33(22)17-27(39)19-44-2/h3,7,9-10,12-13,15-16,22,25,27-28,31,33,39-40H,4-6,8,11,14,17-21H2,1-2H3,(H,37,41)/b7-3+/t22-,25-,27-,28+,31-,33+,35-/m0/s1. The molecule has 0 unspecified atom stereocenters. The summed E-state index contributed by atoms with van der Waals surface area (Å²) in [7, 11) is -2.76. The van der Waals surface area contributed by atoms with Gasteiger partial charge in [-0.15, -0.1) is 0 Å². The number of nitrogens with zero attached hydrogens (tertiary/aromatic N) is 1. The number of hydrogen-bond acceptors (Lipinski definition) is 8. The van der Waals surface area contributed by atoms with Crippen LogP contribution in [0.25, 0.3) is 0 Å². The zero-order valence-electron chi connectivity index (χ0n) is 26.5. The van der Waals surface area contributed by atoms with Gasteiger partial charge in [0.2, 0.25) is 10.0 Å². The minimum Gasteiger partial charge on any atom is -0.490 e. The van der Waals surface area contributed by atoms with E-state index in [0.29, 0.717) is 36.9 Å². The van der Waals surface area contributed by atoms with Gasteiger partial charge in [0.25, 0.3) is 5.91 Å². The Hall–Kier alpha value is -2.63. The number of sulfonamides is 1. The number of amides is 1. The van der Waals surface area contributed by atoms with Crippen LogP contribution in [0.15, 0.2) is 48.6 Å². The maximum atomic E-state index is 13.7. The molecular formula is C35H45ClN2O7S. The largest absolute Gasteiger partial charge is 0.490 e. The summed E-state index contributed by atoms with van der Waals surface area (Å²) in [5, 5.41) is 21.4. The van der Waals surface area contributed by atoms with Gasteiger partial charge in [0.1, 0.15) is 5.75 Å². The molecule has 1 fully saturated rings. The minimum atomic E-state index is -4.20. The Kier molecular flexibility index (Phi) is 9.75. The summed E-state index contributed by atoms with van der Waals surface area (Å²) in [5.74, 6) is -0.224. The normalized spacial score (nSPS) is 32.2. The number of halogens is 1. The Balaban J connectivity index is 1.40. The average molecular weight is 673 g/mol. The number of ether oxygens (including phenoxy) is 2. The number of anilines is 1. The molecule has 2 aromatic carbocycles. The van der Waals surface area contributed by atoms with Crippen molar-refractivity contribution in [3.63, 3.8) is 0 Å². The number of rotatable bonds is 4. The molecule has 0 radical (unpaired) electrons. The number of aryl methyl sites for hydroxylation is 1. The van der Waals surface area contributed by atoms with E-state index in [4.69, 9.17) is 21.1 Å². The Bertz CT molecular complexity index is 1580. The fourth-order valence-corrected chi connectivity index (χ4v) is 9.91. The van der Waals surface area contributed by atoms with Gasteiger partial charge in [-0.25, -0.2) is 13.1 Å². The molecule has 2 bridgehead atoms. The highest BCUT2D eigenvalue weighted by molar-refractivity contribution is 7.90. The van der Waals surface area contributed by atoms with Crippen LogP contribution in [0.1, 0.15) is 66.9 Å². The van der Waals surface area contributed by atoms with Gasteiger partial charge in [-0.3, -0.25) is 4.79 Å². The molecule has 1 amide bonds. The molecule has 4 aliphatic rings. The first-order valence-corrected chi connectivity index (χ1v) is 18.3. The lowest BCUT2D eigenvalue weighted by Gasteiger charge is -2.45. The van der Waals surface area contributed by atoms with Gasteiger partial charge in [0.05, 0.1) is 36.4 Å². The molecule has 2 aliphatic carbocycles. The molecule has 9 nitrogen and oxygen atoms in total. The molecule has 0 aromatic heterocycles. The van der Waals surface area contributed by atoms with Crippen molar-refractivity contribution in [3.8, 4) is 5.75 Å². The predicted molar refractivity (Wildman–Crippen MR) is 178 cm³/mol. The van der Waals surface area contributed by atoms with Crippen molar-refractivity contribution in [3.05, 3.63) is 70.3 Å². The van der Waals surface area contributed by atoms with Gasteiger partial charge < -0.3 is 24.6 Å². The number of carbonyl (C=O) groups excluding carboxylic acids is 1. The van der Waals surface area contributed by atoms with Crippen LogP contribution in [0.5, 0.6) is 5.75 Å².